The van der Waals surface area contributed by atoms with Crippen molar-refractivity contribution in [2.24, 2.45) is 5.92 Å². The number of ether oxygens (including phenoxy) is 2. The molecule has 0 spiro atoms. The molecule has 1 atom stereocenters. The van der Waals surface area contributed by atoms with Gasteiger partial charge < -0.3 is 19.7 Å². The molecule has 1 aliphatic heterocycles. The normalized spacial score (nSPS) is 20.0. The number of carbonyl (C=O) groups excluding carboxylic acids is 2. The van der Waals surface area contributed by atoms with Crippen LogP contribution in [0.15, 0.2) is 0 Å². The fourth-order valence-electron chi connectivity index (χ4n) is 1.97. The molecule has 0 radical (unpaired) electrons. The highest BCUT2D eigenvalue weighted by Gasteiger charge is 2.33. The molecule has 0 aromatic carbocycles. The smallest absolute Gasteiger partial charge is 0.245 e. The fraction of sp³-hybridized carbons (Fsp3) is 0.846. The quantitative estimate of drug-likeness (QED) is 0.633. The maximum Gasteiger partial charge on any atom is 0.245 e. The van der Waals surface area contributed by atoms with Gasteiger partial charge in [-0.15, -0.1) is 0 Å². The van der Waals surface area contributed by atoms with Crippen molar-refractivity contribution in [1.29, 1.82) is 0 Å². The van der Waals surface area contributed by atoms with Gasteiger partial charge in [0.05, 0.1) is 19.8 Å². The molecule has 6 nitrogen and oxygen atoms in total. The lowest BCUT2D eigenvalue weighted by molar-refractivity contribution is -0.145. The van der Waals surface area contributed by atoms with Gasteiger partial charge in [-0.2, -0.15) is 0 Å². The van der Waals surface area contributed by atoms with E-state index < -0.39 is 6.04 Å². The average molecular weight is 272 g/mol. The molecule has 110 valence electrons. The maximum atomic E-state index is 12.1. The van der Waals surface area contributed by atoms with Gasteiger partial charge in [0, 0.05) is 20.3 Å². The van der Waals surface area contributed by atoms with Gasteiger partial charge in [-0.25, -0.2) is 0 Å². The van der Waals surface area contributed by atoms with E-state index in [4.69, 9.17) is 9.47 Å². The zero-order valence-electron chi connectivity index (χ0n) is 12.0. The Morgan fingerprint density at radius 2 is 2.05 bits per heavy atom. The summed E-state index contributed by atoms with van der Waals surface area (Å²) in [6.07, 6.45) is 0.730. The number of methoxy groups -OCH3 is 1. The Balaban J connectivity index is 2.31. The number of piperazine rings is 1. The number of rotatable bonds is 8. The van der Waals surface area contributed by atoms with Crippen LogP contribution in [-0.2, 0) is 19.1 Å². The highest BCUT2D eigenvalue weighted by molar-refractivity contribution is 5.94. The maximum absolute atomic E-state index is 12.1. The highest BCUT2D eigenvalue weighted by Crippen LogP contribution is 2.11. The Labute approximate surface area is 114 Å². The van der Waals surface area contributed by atoms with Crippen molar-refractivity contribution in [3.63, 3.8) is 0 Å². The van der Waals surface area contributed by atoms with E-state index in [2.05, 4.69) is 5.32 Å². The van der Waals surface area contributed by atoms with E-state index in [0.717, 1.165) is 6.42 Å². The van der Waals surface area contributed by atoms with Crippen molar-refractivity contribution in [2.45, 2.75) is 26.3 Å². The third-order valence-corrected chi connectivity index (χ3v) is 3.04. The summed E-state index contributed by atoms with van der Waals surface area (Å²) in [6.45, 7) is 6.27. The molecule has 1 aliphatic rings. The molecular formula is C13H24N2O4. The molecule has 1 N–H and O–H groups in total. The van der Waals surface area contributed by atoms with Crippen LogP contribution in [0.1, 0.15) is 20.3 Å². The third kappa shape index (κ3) is 5.16. The first-order valence-electron chi connectivity index (χ1n) is 6.71. The second-order valence-corrected chi connectivity index (χ2v) is 5.01. The predicted molar refractivity (Wildman–Crippen MR) is 70.7 cm³/mol. The Morgan fingerprint density at radius 3 is 2.68 bits per heavy atom. The van der Waals surface area contributed by atoms with E-state index in [0.29, 0.717) is 26.4 Å². The summed E-state index contributed by atoms with van der Waals surface area (Å²) >= 11 is 0. The Kier molecular flexibility index (Phi) is 6.80. The van der Waals surface area contributed by atoms with E-state index in [1.807, 2.05) is 13.8 Å². The standard InChI is InChI=1S/C13H24N2O4/c1-10(2)12-13(17)15(9-11(16)14-12)5-4-6-19-8-7-18-3/h10,12H,4-9H2,1-3H3,(H,14,16). The molecule has 0 saturated carbocycles. The average Bonchev–Trinajstić information content (AvgIpc) is 2.36. The fourth-order valence-corrected chi connectivity index (χ4v) is 1.97. The molecule has 0 aromatic rings. The van der Waals surface area contributed by atoms with Gasteiger partial charge in [0.2, 0.25) is 11.8 Å². The molecule has 19 heavy (non-hydrogen) atoms. The van der Waals surface area contributed by atoms with E-state index in [1.165, 1.54) is 0 Å². The van der Waals surface area contributed by atoms with E-state index in [-0.39, 0.29) is 24.3 Å². The minimum absolute atomic E-state index is 0.00601. The van der Waals surface area contributed by atoms with Crippen LogP contribution in [0, 0.1) is 5.92 Å². The minimum Gasteiger partial charge on any atom is -0.382 e. The molecule has 0 aromatic heterocycles. The van der Waals surface area contributed by atoms with E-state index >= 15 is 0 Å². The van der Waals surface area contributed by atoms with Crippen LogP contribution >= 0.6 is 0 Å². The topological polar surface area (TPSA) is 67.9 Å². The molecule has 1 fully saturated rings. The van der Waals surface area contributed by atoms with Gasteiger partial charge in [0.1, 0.15) is 6.04 Å². The van der Waals surface area contributed by atoms with E-state index in [9.17, 15) is 9.59 Å². The number of nitrogens with one attached hydrogen (secondary N) is 1. The van der Waals surface area contributed by atoms with Crippen molar-refractivity contribution in [3.8, 4) is 0 Å². The molecule has 0 aliphatic carbocycles. The molecule has 1 unspecified atom stereocenters. The number of nitrogens with zero attached hydrogens (tertiary/aromatic N) is 1. The molecule has 6 heteroatoms. The van der Waals surface area contributed by atoms with Gasteiger partial charge in [-0.05, 0) is 12.3 Å². The summed E-state index contributed by atoms with van der Waals surface area (Å²) in [5.41, 5.74) is 0. The first-order chi connectivity index (χ1) is 9.06. The van der Waals surface area contributed by atoms with Crippen molar-refractivity contribution in [1.82, 2.24) is 10.2 Å². The summed E-state index contributed by atoms with van der Waals surface area (Å²) < 4.78 is 10.2. The first-order valence-corrected chi connectivity index (χ1v) is 6.71. The molecule has 1 saturated heterocycles. The summed E-state index contributed by atoms with van der Waals surface area (Å²) in [7, 11) is 1.63. The van der Waals surface area contributed by atoms with Crippen molar-refractivity contribution in [2.75, 3.05) is 40.0 Å². The first kappa shape index (κ1) is 15.9. The van der Waals surface area contributed by atoms with Crippen molar-refractivity contribution < 1.29 is 19.1 Å². The third-order valence-electron chi connectivity index (χ3n) is 3.04. The van der Waals surface area contributed by atoms with Crippen LogP contribution in [0.25, 0.3) is 0 Å². The lowest BCUT2D eigenvalue weighted by atomic mass is 10.0. The summed E-state index contributed by atoms with van der Waals surface area (Å²) in [5, 5.41) is 2.74. The molecular weight excluding hydrogens is 248 g/mol. The van der Waals surface area contributed by atoms with Crippen LogP contribution in [-0.4, -0.2) is 62.8 Å². The zero-order valence-corrected chi connectivity index (χ0v) is 12.0. The van der Waals surface area contributed by atoms with Crippen molar-refractivity contribution >= 4 is 11.8 Å². The predicted octanol–water partition coefficient (Wildman–Crippen LogP) is 0.0225. The largest absolute Gasteiger partial charge is 0.382 e. The molecule has 1 heterocycles. The number of hydrogen-bond acceptors (Lipinski definition) is 4. The Bertz CT molecular complexity index is 307. The Morgan fingerprint density at radius 1 is 1.32 bits per heavy atom. The zero-order chi connectivity index (χ0) is 14.3. The number of hydrogen-bond donors (Lipinski definition) is 1. The molecule has 2 amide bonds. The number of amides is 2. The molecule has 1 rings (SSSR count). The van der Waals surface area contributed by atoms with Gasteiger partial charge in [-0.3, -0.25) is 9.59 Å². The van der Waals surface area contributed by atoms with Gasteiger partial charge in [0.15, 0.2) is 0 Å². The lowest BCUT2D eigenvalue weighted by Gasteiger charge is -2.34. The van der Waals surface area contributed by atoms with Gasteiger partial charge >= 0.3 is 0 Å². The summed E-state index contributed by atoms with van der Waals surface area (Å²) in [5.74, 6) is 0.0299. The molecule has 0 bridgehead atoms. The summed E-state index contributed by atoms with van der Waals surface area (Å²) in [6, 6.07) is -0.393. The second kappa shape index (κ2) is 8.12. The monoisotopic (exact) mass is 272 g/mol. The van der Waals surface area contributed by atoms with Crippen LogP contribution in [0.3, 0.4) is 0 Å². The van der Waals surface area contributed by atoms with Crippen LogP contribution in [0.5, 0.6) is 0 Å². The SMILES string of the molecule is COCCOCCCN1CC(=O)NC(C(C)C)C1=O. The van der Waals surface area contributed by atoms with Gasteiger partial charge in [-0.1, -0.05) is 13.8 Å². The van der Waals surface area contributed by atoms with Crippen LogP contribution in [0.4, 0.5) is 0 Å². The van der Waals surface area contributed by atoms with Crippen LogP contribution in [0.2, 0.25) is 0 Å². The highest BCUT2D eigenvalue weighted by atomic mass is 16.5. The summed E-state index contributed by atoms with van der Waals surface area (Å²) in [4.78, 5) is 25.3. The van der Waals surface area contributed by atoms with Crippen LogP contribution < -0.4 is 5.32 Å². The van der Waals surface area contributed by atoms with Gasteiger partial charge in [0.25, 0.3) is 0 Å². The second-order valence-electron chi connectivity index (χ2n) is 5.01. The number of carbonyl (C=O) groups is 2. The van der Waals surface area contributed by atoms with E-state index in [1.54, 1.807) is 12.0 Å². The van der Waals surface area contributed by atoms with Crippen molar-refractivity contribution in [3.05, 3.63) is 0 Å². The minimum atomic E-state index is -0.393. The Hall–Kier alpha value is -1.14. The lowest BCUT2D eigenvalue weighted by Crippen LogP contribution is -2.59.